The fourth-order valence-corrected chi connectivity index (χ4v) is 6.20. The van der Waals surface area contributed by atoms with Crippen molar-refractivity contribution in [3.63, 3.8) is 0 Å². The maximum atomic E-state index is 14.0. The molecule has 4 rings (SSSR count). The number of rotatable bonds is 7. The summed E-state index contributed by atoms with van der Waals surface area (Å²) in [5.74, 6) is -1.21. The van der Waals surface area contributed by atoms with Gasteiger partial charge in [-0.25, -0.2) is 8.42 Å². The third-order valence-corrected chi connectivity index (χ3v) is 8.37. The number of aryl methyl sites for hydroxylation is 2. The Morgan fingerprint density at radius 1 is 1.11 bits per heavy atom. The van der Waals surface area contributed by atoms with E-state index >= 15 is 0 Å². The summed E-state index contributed by atoms with van der Waals surface area (Å²) in [7, 11) is -4.28. The molecule has 2 N–H and O–H groups in total. The van der Waals surface area contributed by atoms with E-state index in [0.717, 1.165) is 4.31 Å². The molecule has 12 heteroatoms. The lowest BCUT2D eigenvalue weighted by molar-refractivity contribution is -0.384. The highest BCUT2D eigenvalue weighted by atomic mass is 35.5. The van der Waals surface area contributed by atoms with E-state index in [4.69, 9.17) is 11.6 Å². The molecule has 0 aromatic heterocycles. The van der Waals surface area contributed by atoms with Crippen molar-refractivity contribution in [1.29, 1.82) is 0 Å². The van der Waals surface area contributed by atoms with Crippen molar-refractivity contribution >= 4 is 50.5 Å². The van der Waals surface area contributed by atoms with E-state index in [0.29, 0.717) is 27.4 Å². The summed E-state index contributed by atoms with van der Waals surface area (Å²) in [6.45, 7) is 3.34. The van der Waals surface area contributed by atoms with Crippen molar-refractivity contribution in [2.75, 3.05) is 9.62 Å². The van der Waals surface area contributed by atoms with Crippen molar-refractivity contribution in [3.8, 4) is 0 Å². The fourth-order valence-electron chi connectivity index (χ4n) is 4.06. The van der Waals surface area contributed by atoms with Gasteiger partial charge in [0.2, 0.25) is 11.8 Å². The summed E-state index contributed by atoms with van der Waals surface area (Å²) in [6.07, 6.45) is -0.446. The first-order valence-electron chi connectivity index (χ1n) is 11.2. The zero-order valence-electron chi connectivity index (χ0n) is 19.9. The number of hydrogen-bond donors (Lipinski definition) is 2. The van der Waals surface area contributed by atoms with Crippen molar-refractivity contribution < 1.29 is 22.9 Å². The van der Waals surface area contributed by atoms with Gasteiger partial charge in [-0.1, -0.05) is 35.9 Å². The van der Waals surface area contributed by atoms with Gasteiger partial charge in [-0.3, -0.25) is 24.0 Å². The molecule has 3 aromatic rings. The third kappa shape index (κ3) is 5.27. The predicted octanol–water partition coefficient (Wildman–Crippen LogP) is 4.09. The lowest BCUT2D eigenvalue weighted by Crippen LogP contribution is -2.52. The van der Waals surface area contributed by atoms with Crippen LogP contribution < -0.4 is 14.9 Å². The second kappa shape index (κ2) is 10.2. The average molecular weight is 543 g/mol. The summed E-state index contributed by atoms with van der Waals surface area (Å²) in [4.78, 5) is 36.2. The minimum absolute atomic E-state index is 0.0183. The van der Waals surface area contributed by atoms with E-state index in [-0.39, 0.29) is 22.8 Å². The van der Waals surface area contributed by atoms with Gasteiger partial charge >= 0.3 is 0 Å². The van der Waals surface area contributed by atoms with Crippen molar-refractivity contribution in [3.05, 3.63) is 92.5 Å². The Kier molecular flexibility index (Phi) is 7.19. The number of non-ortho nitro benzene ring substituents is 1. The SMILES string of the molecule is Cc1cc(S(=O)(=O)N2c3ccccc3NC(=O)C2CC(=O)NCc2ccc([N+](=O)[O-])cc2)c(C)cc1Cl. The smallest absolute Gasteiger partial charge is 0.269 e. The summed E-state index contributed by atoms with van der Waals surface area (Å²) < 4.78 is 28.9. The second-order valence-electron chi connectivity index (χ2n) is 8.59. The first kappa shape index (κ1) is 26.1. The molecule has 1 heterocycles. The minimum atomic E-state index is -4.28. The second-order valence-corrected chi connectivity index (χ2v) is 10.8. The van der Waals surface area contributed by atoms with Gasteiger partial charge in [0.15, 0.2) is 0 Å². The lowest BCUT2D eigenvalue weighted by Gasteiger charge is -2.37. The molecule has 1 aliphatic heterocycles. The number of nitrogens with zero attached hydrogens (tertiary/aromatic N) is 2. The van der Waals surface area contributed by atoms with E-state index in [2.05, 4.69) is 10.6 Å². The maximum Gasteiger partial charge on any atom is 0.269 e. The highest BCUT2D eigenvalue weighted by Gasteiger charge is 2.42. The van der Waals surface area contributed by atoms with Gasteiger partial charge in [-0.15, -0.1) is 0 Å². The Morgan fingerprint density at radius 2 is 1.78 bits per heavy atom. The number of carbonyl (C=O) groups excluding carboxylic acids is 2. The van der Waals surface area contributed by atoms with Crippen LogP contribution in [0.15, 0.2) is 65.6 Å². The quantitative estimate of drug-likeness (QED) is 0.340. The molecule has 0 saturated carbocycles. The molecule has 0 radical (unpaired) electrons. The lowest BCUT2D eigenvalue weighted by atomic mass is 10.1. The molecular formula is C25H23ClN4O6S. The number of fused-ring (bicyclic) bond motifs is 1. The molecule has 3 aromatic carbocycles. The first-order valence-corrected chi connectivity index (χ1v) is 13.0. The van der Waals surface area contributed by atoms with Crippen molar-refractivity contribution in [2.45, 2.75) is 37.8 Å². The van der Waals surface area contributed by atoms with Crippen LogP contribution >= 0.6 is 11.6 Å². The van der Waals surface area contributed by atoms with Gasteiger partial charge in [0.1, 0.15) is 6.04 Å². The Morgan fingerprint density at radius 3 is 2.46 bits per heavy atom. The highest BCUT2D eigenvalue weighted by molar-refractivity contribution is 7.93. The number of halogens is 1. The van der Waals surface area contributed by atoms with Gasteiger partial charge in [0.25, 0.3) is 15.7 Å². The van der Waals surface area contributed by atoms with Crippen LogP contribution in [-0.4, -0.2) is 31.2 Å². The van der Waals surface area contributed by atoms with Crippen LogP contribution in [0.4, 0.5) is 17.1 Å². The number of anilines is 2. The molecule has 1 atom stereocenters. The molecule has 0 saturated heterocycles. The zero-order valence-corrected chi connectivity index (χ0v) is 21.5. The standard InChI is InChI=1S/C25H23ClN4O6S/c1-15-12-23(16(2)11-19(15)26)37(35,36)29-21-6-4-3-5-20(21)28-25(32)22(29)13-24(31)27-14-17-7-9-18(10-8-17)30(33)34/h3-12,22H,13-14H2,1-2H3,(H,27,31)(H,28,32). The number of nitro benzene ring substituents is 1. The predicted molar refractivity (Wildman–Crippen MR) is 139 cm³/mol. The monoisotopic (exact) mass is 542 g/mol. The molecule has 0 fully saturated rings. The number of amides is 2. The van der Waals surface area contributed by atoms with E-state index in [1.54, 1.807) is 44.2 Å². The molecule has 1 unspecified atom stereocenters. The van der Waals surface area contributed by atoms with Crippen molar-refractivity contribution in [1.82, 2.24) is 5.32 Å². The molecule has 2 amide bonds. The summed E-state index contributed by atoms with van der Waals surface area (Å²) in [5.41, 5.74) is 2.03. The average Bonchev–Trinajstić information content (AvgIpc) is 2.85. The van der Waals surface area contributed by atoms with Crippen LogP contribution in [0, 0.1) is 24.0 Å². The Labute approximate surface area is 218 Å². The van der Waals surface area contributed by atoms with Crippen molar-refractivity contribution in [2.24, 2.45) is 0 Å². The van der Waals surface area contributed by atoms with Gasteiger partial charge < -0.3 is 10.6 Å². The molecule has 37 heavy (non-hydrogen) atoms. The summed E-state index contributed by atoms with van der Waals surface area (Å²) >= 11 is 6.17. The highest BCUT2D eigenvalue weighted by Crippen LogP contribution is 2.38. The molecule has 0 bridgehead atoms. The maximum absolute atomic E-state index is 14.0. The van der Waals surface area contributed by atoms with E-state index in [1.165, 1.54) is 30.3 Å². The Balaban J connectivity index is 1.64. The molecule has 10 nitrogen and oxygen atoms in total. The molecule has 1 aliphatic rings. The number of nitro groups is 1. The number of benzene rings is 3. The molecular weight excluding hydrogens is 520 g/mol. The topological polar surface area (TPSA) is 139 Å². The van der Waals surface area contributed by atoms with Gasteiger partial charge in [0, 0.05) is 23.7 Å². The number of hydrogen-bond acceptors (Lipinski definition) is 6. The zero-order chi connectivity index (χ0) is 26.9. The van der Waals surface area contributed by atoms with Crippen LogP contribution in [0.25, 0.3) is 0 Å². The van der Waals surface area contributed by atoms with Crippen LogP contribution in [0.5, 0.6) is 0 Å². The molecule has 0 spiro atoms. The summed E-state index contributed by atoms with van der Waals surface area (Å²) in [6, 6.07) is 13.7. The molecule has 0 aliphatic carbocycles. The minimum Gasteiger partial charge on any atom is -0.352 e. The Hall–Kier alpha value is -3.96. The van der Waals surface area contributed by atoms with Crippen LogP contribution in [0.3, 0.4) is 0 Å². The fraction of sp³-hybridized carbons (Fsp3) is 0.200. The number of nitrogens with one attached hydrogen (secondary N) is 2. The van der Waals surface area contributed by atoms with E-state index in [9.17, 15) is 28.1 Å². The van der Waals surface area contributed by atoms with Gasteiger partial charge in [0.05, 0.1) is 27.6 Å². The normalized spacial score (nSPS) is 15.1. The number of sulfonamides is 1. The van der Waals surface area contributed by atoms with E-state index < -0.39 is 39.2 Å². The van der Waals surface area contributed by atoms with Gasteiger partial charge in [-0.05, 0) is 54.8 Å². The first-order chi connectivity index (χ1) is 17.5. The number of carbonyl (C=O) groups is 2. The molecule has 192 valence electrons. The summed E-state index contributed by atoms with van der Waals surface area (Å²) in [5, 5.41) is 16.6. The van der Waals surface area contributed by atoms with Gasteiger partial charge in [-0.2, -0.15) is 0 Å². The van der Waals surface area contributed by atoms with E-state index in [1.807, 2.05) is 0 Å². The third-order valence-electron chi connectivity index (χ3n) is 5.99. The van der Waals surface area contributed by atoms with Crippen LogP contribution in [-0.2, 0) is 26.2 Å². The van der Waals surface area contributed by atoms with Crippen LogP contribution in [0.2, 0.25) is 5.02 Å². The largest absolute Gasteiger partial charge is 0.352 e. The number of para-hydroxylation sites is 2. The van der Waals surface area contributed by atoms with Crippen LogP contribution in [0.1, 0.15) is 23.1 Å². The Bertz CT molecular complexity index is 1510.